The average molecular weight is 447 g/mol. The monoisotopic (exact) mass is 446 g/mol. The number of nitrogens with one attached hydrogen (secondary N) is 1. The van der Waals surface area contributed by atoms with Crippen LogP contribution in [0, 0.1) is 6.92 Å². The van der Waals surface area contributed by atoms with Gasteiger partial charge in [0.1, 0.15) is 11.5 Å². The fraction of sp³-hybridized carbons (Fsp3) is 0.167. The molecule has 2 aromatic carbocycles. The molecule has 0 radical (unpaired) electrons. The van der Waals surface area contributed by atoms with Gasteiger partial charge in [0, 0.05) is 18.5 Å². The SMILES string of the molecule is Cc1ccc([C@H](C(=O)NCc2ccccc2)N(Cc2ccccc2)C(=O)c2csnn2)o1. The van der Waals surface area contributed by atoms with Crippen LogP contribution in [0.5, 0.6) is 0 Å². The van der Waals surface area contributed by atoms with Gasteiger partial charge in [-0.05, 0) is 41.7 Å². The first kappa shape index (κ1) is 21.5. The third kappa shape index (κ3) is 5.09. The van der Waals surface area contributed by atoms with Crippen molar-refractivity contribution in [2.24, 2.45) is 0 Å². The molecule has 7 nitrogen and oxygen atoms in total. The van der Waals surface area contributed by atoms with E-state index in [4.69, 9.17) is 4.42 Å². The Bertz CT molecular complexity index is 1160. The van der Waals surface area contributed by atoms with Crippen LogP contribution in [0.3, 0.4) is 0 Å². The Balaban J connectivity index is 1.68. The molecule has 32 heavy (non-hydrogen) atoms. The van der Waals surface area contributed by atoms with E-state index in [1.165, 1.54) is 4.90 Å². The predicted molar refractivity (Wildman–Crippen MR) is 121 cm³/mol. The number of aromatic nitrogens is 2. The van der Waals surface area contributed by atoms with Crippen molar-refractivity contribution in [1.82, 2.24) is 19.8 Å². The van der Waals surface area contributed by atoms with E-state index in [1.54, 1.807) is 24.4 Å². The summed E-state index contributed by atoms with van der Waals surface area (Å²) < 4.78 is 9.63. The highest BCUT2D eigenvalue weighted by atomic mass is 32.1. The summed E-state index contributed by atoms with van der Waals surface area (Å²) >= 11 is 1.09. The smallest absolute Gasteiger partial charge is 0.276 e. The van der Waals surface area contributed by atoms with E-state index in [0.717, 1.165) is 22.7 Å². The zero-order valence-corrected chi connectivity index (χ0v) is 18.3. The molecule has 4 rings (SSSR count). The summed E-state index contributed by atoms with van der Waals surface area (Å²) in [6.07, 6.45) is 0. The van der Waals surface area contributed by atoms with E-state index >= 15 is 0 Å². The molecule has 1 atom stereocenters. The fourth-order valence-electron chi connectivity index (χ4n) is 3.37. The van der Waals surface area contributed by atoms with Crippen LogP contribution < -0.4 is 5.32 Å². The number of hydrogen-bond donors (Lipinski definition) is 1. The maximum Gasteiger partial charge on any atom is 0.276 e. The third-order valence-corrected chi connectivity index (χ3v) is 5.44. The van der Waals surface area contributed by atoms with Crippen LogP contribution in [0.25, 0.3) is 0 Å². The van der Waals surface area contributed by atoms with Gasteiger partial charge in [0.25, 0.3) is 11.8 Å². The molecule has 0 unspecified atom stereocenters. The minimum Gasteiger partial charge on any atom is -0.464 e. The standard InChI is InChI=1S/C24H22N4O3S/c1-17-12-13-21(31-17)22(23(29)25-14-18-8-4-2-5-9-18)28(15-19-10-6-3-7-11-19)24(30)20-16-32-27-26-20/h2-13,16,22H,14-15H2,1H3,(H,25,29)/t22-/m1/s1. The number of aryl methyl sites for hydroxylation is 1. The van der Waals surface area contributed by atoms with Crippen LogP contribution in [0.4, 0.5) is 0 Å². The molecule has 0 saturated heterocycles. The van der Waals surface area contributed by atoms with Crippen LogP contribution >= 0.6 is 11.5 Å². The molecule has 1 N–H and O–H groups in total. The Kier molecular flexibility index (Phi) is 6.72. The number of amides is 2. The number of furan rings is 1. The Hall–Kier alpha value is -3.78. The molecule has 0 fully saturated rings. The lowest BCUT2D eigenvalue weighted by Gasteiger charge is -2.29. The van der Waals surface area contributed by atoms with Crippen LogP contribution in [0.2, 0.25) is 0 Å². The molecular weight excluding hydrogens is 424 g/mol. The van der Waals surface area contributed by atoms with E-state index in [9.17, 15) is 9.59 Å². The molecule has 4 aromatic rings. The second-order valence-electron chi connectivity index (χ2n) is 7.26. The molecule has 0 aliphatic carbocycles. The lowest BCUT2D eigenvalue weighted by molar-refractivity contribution is -0.126. The minimum absolute atomic E-state index is 0.190. The van der Waals surface area contributed by atoms with E-state index in [-0.39, 0.29) is 18.1 Å². The van der Waals surface area contributed by atoms with Crippen LogP contribution in [0.15, 0.2) is 82.6 Å². The number of carbonyl (C=O) groups is 2. The van der Waals surface area contributed by atoms with Crippen LogP contribution in [-0.2, 0) is 17.9 Å². The summed E-state index contributed by atoms with van der Waals surface area (Å²) in [5.74, 6) is 0.316. The third-order valence-electron chi connectivity index (χ3n) is 4.94. The van der Waals surface area contributed by atoms with Crippen molar-refractivity contribution in [2.45, 2.75) is 26.1 Å². The van der Waals surface area contributed by atoms with E-state index in [1.807, 2.05) is 60.7 Å². The normalized spacial score (nSPS) is 11.7. The van der Waals surface area contributed by atoms with E-state index in [0.29, 0.717) is 18.1 Å². The van der Waals surface area contributed by atoms with E-state index in [2.05, 4.69) is 14.9 Å². The molecule has 2 aromatic heterocycles. The Morgan fingerprint density at radius 1 is 1.00 bits per heavy atom. The maximum absolute atomic E-state index is 13.4. The summed E-state index contributed by atoms with van der Waals surface area (Å²) in [5.41, 5.74) is 2.03. The van der Waals surface area contributed by atoms with E-state index < -0.39 is 11.9 Å². The number of rotatable bonds is 8. The molecule has 0 saturated carbocycles. The topological polar surface area (TPSA) is 88.3 Å². The zero-order valence-electron chi connectivity index (χ0n) is 17.5. The molecule has 162 valence electrons. The highest BCUT2D eigenvalue weighted by Crippen LogP contribution is 2.27. The molecule has 0 spiro atoms. The van der Waals surface area contributed by atoms with Gasteiger partial charge in [0.2, 0.25) is 0 Å². The van der Waals surface area contributed by atoms with Crippen molar-refractivity contribution in [3.8, 4) is 0 Å². The van der Waals surface area contributed by atoms with Gasteiger partial charge in [-0.3, -0.25) is 9.59 Å². The van der Waals surface area contributed by atoms with Crippen molar-refractivity contribution >= 4 is 23.3 Å². The fourth-order valence-corrected chi connectivity index (χ4v) is 3.80. The highest BCUT2D eigenvalue weighted by Gasteiger charge is 2.35. The van der Waals surface area contributed by atoms with Gasteiger partial charge in [0.05, 0.1) is 0 Å². The number of benzene rings is 2. The zero-order chi connectivity index (χ0) is 22.3. The lowest BCUT2D eigenvalue weighted by Crippen LogP contribution is -2.43. The second-order valence-corrected chi connectivity index (χ2v) is 7.87. The quantitative estimate of drug-likeness (QED) is 0.439. The van der Waals surface area contributed by atoms with Gasteiger partial charge < -0.3 is 14.6 Å². The van der Waals surface area contributed by atoms with Crippen molar-refractivity contribution < 1.29 is 14.0 Å². The molecular formula is C24H22N4O3S. The first-order valence-corrected chi connectivity index (χ1v) is 11.0. The molecule has 2 amide bonds. The van der Waals surface area contributed by atoms with Gasteiger partial charge in [0.15, 0.2) is 11.7 Å². The van der Waals surface area contributed by atoms with Gasteiger partial charge in [-0.2, -0.15) is 0 Å². The van der Waals surface area contributed by atoms with Gasteiger partial charge in [-0.1, -0.05) is 65.2 Å². The first-order valence-electron chi connectivity index (χ1n) is 10.1. The van der Waals surface area contributed by atoms with Crippen molar-refractivity contribution in [2.75, 3.05) is 0 Å². The summed E-state index contributed by atoms with van der Waals surface area (Å²) in [6.45, 7) is 2.35. The molecule has 2 heterocycles. The molecule has 0 aliphatic rings. The lowest BCUT2D eigenvalue weighted by atomic mass is 10.1. The van der Waals surface area contributed by atoms with Gasteiger partial charge in [-0.25, -0.2) is 0 Å². The summed E-state index contributed by atoms with van der Waals surface area (Å²) in [7, 11) is 0. The van der Waals surface area contributed by atoms with Crippen molar-refractivity contribution in [3.63, 3.8) is 0 Å². The Morgan fingerprint density at radius 3 is 2.28 bits per heavy atom. The highest BCUT2D eigenvalue weighted by molar-refractivity contribution is 7.03. The Morgan fingerprint density at radius 2 is 1.69 bits per heavy atom. The minimum atomic E-state index is -0.971. The van der Waals surface area contributed by atoms with Crippen LogP contribution in [0.1, 0.15) is 39.2 Å². The summed E-state index contributed by atoms with van der Waals surface area (Å²) in [4.78, 5) is 28.3. The Labute approximate surface area is 189 Å². The first-order chi connectivity index (χ1) is 15.6. The number of nitrogens with zero attached hydrogens (tertiary/aromatic N) is 3. The number of hydrogen-bond acceptors (Lipinski definition) is 6. The van der Waals surface area contributed by atoms with Crippen molar-refractivity contribution in [1.29, 1.82) is 0 Å². The average Bonchev–Trinajstić information content (AvgIpc) is 3.50. The summed E-state index contributed by atoms with van der Waals surface area (Å²) in [5, 5.41) is 8.45. The van der Waals surface area contributed by atoms with Crippen molar-refractivity contribution in [3.05, 3.63) is 107 Å². The largest absolute Gasteiger partial charge is 0.464 e. The molecule has 0 bridgehead atoms. The van der Waals surface area contributed by atoms with Crippen LogP contribution in [-0.4, -0.2) is 26.3 Å². The second kappa shape index (κ2) is 10.0. The van der Waals surface area contributed by atoms with Gasteiger partial charge in [-0.15, -0.1) is 5.10 Å². The predicted octanol–water partition coefficient (Wildman–Crippen LogP) is 4.14. The number of carbonyl (C=O) groups excluding carboxylic acids is 2. The van der Waals surface area contributed by atoms with Gasteiger partial charge >= 0.3 is 0 Å². The molecule has 0 aliphatic heterocycles. The maximum atomic E-state index is 13.4. The molecule has 8 heteroatoms. The summed E-state index contributed by atoms with van der Waals surface area (Å²) in [6, 6.07) is 21.6.